The second-order valence-corrected chi connectivity index (χ2v) is 6.12. The summed E-state index contributed by atoms with van der Waals surface area (Å²) in [5, 5.41) is 40.8. The summed E-state index contributed by atoms with van der Waals surface area (Å²) < 4.78 is 11.1. The van der Waals surface area contributed by atoms with Gasteiger partial charge in [-0.25, -0.2) is 4.79 Å². The summed E-state index contributed by atoms with van der Waals surface area (Å²) in [5.41, 5.74) is 0.550. The number of ether oxygens (including phenoxy) is 2. The highest BCUT2D eigenvalue weighted by molar-refractivity contribution is 6.05. The number of aliphatic hydroxyl groups is 3. The van der Waals surface area contributed by atoms with E-state index in [2.05, 4.69) is 0 Å². The first-order valence-electron chi connectivity index (χ1n) is 7.89. The van der Waals surface area contributed by atoms with E-state index in [9.17, 15) is 25.2 Å². The summed E-state index contributed by atoms with van der Waals surface area (Å²) in [6.45, 7) is 1.59. The highest BCUT2D eigenvalue weighted by atomic mass is 16.5. The first-order valence-corrected chi connectivity index (χ1v) is 7.89. The lowest BCUT2D eigenvalue weighted by Gasteiger charge is -2.40. The Morgan fingerprint density at radius 2 is 1.76 bits per heavy atom. The number of aromatic carboxylic acids is 1. The van der Waals surface area contributed by atoms with Crippen molar-refractivity contribution in [1.82, 2.24) is 0 Å². The van der Waals surface area contributed by atoms with Gasteiger partial charge < -0.3 is 29.9 Å². The van der Waals surface area contributed by atoms with Crippen LogP contribution in [-0.2, 0) is 4.74 Å². The standard InChI is InChI=1S/C18H20O7/c1-8-14(19)15(20)16(21)17(25-8)13-10-4-3-5-11(18(22)23)9(10)6-7-12(13)24-2/h3-8,14-17,19-21H,1-2H3,(H,22,23)/t8-,14+,15+,16-,17+/m0/s1. The quantitative estimate of drug-likeness (QED) is 0.656. The molecule has 1 fully saturated rings. The normalized spacial score (nSPS) is 29.6. The molecular formula is C18H20O7. The minimum Gasteiger partial charge on any atom is -0.496 e. The highest BCUT2D eigenvalue weighted by Gasteiger charge is 2.43. The first-order chi connectivity index (χ1) is 11.9. The molecule has 7 heteroatoms. The molecule has 0 aliphatic carbocycles. The van der Waals surface area contributed by atoms with Gasteiger partial charge in [-0.15, -0.1) is 0 Å². The number of carbonyl (C=O) groups is 1. The van der Waals surface area contributed by atoms with Crippen LogP contribution >= 0.6 is 0 Å². The van der Waals surface area contributed by atoms with E-state index in [-0.39, 0.29) is 5.56 Å². The Bertz CT molecular complexity index is 803. The predicted molar refractivity (Wildman–Crippen MR) is 88.8 cm³/mol. The third-order valence-corrected chi connectivity index (χ3v) is 4.65. The lowest BCUT2D eigenvalue weighted by Crippen LogP contribution is -2.53. The Hall–Kier alpha value is -2.19. The SMILES string of the molecule is COc1ccc2c(C(=O)O)cccc2c1[C@H]1O[C@@H](C)[C@@H](O)[C@@H](O)[C@@H]1O. The molecule has 0 spiro atoms. The number of hydrogen-bond acceptors (Lipinski definition) is 6. The van der Waals surface area contributed by atoms with Crippen LogP contribution in [0.25, 0.3) is 10.8 Å². The second kappa shape index (κ2) is 6.61. The van der Waals surface area contributed by atoms with Gasteiger partial charge in [-0.3, -0.25) is 0 Å². The number of fused-ring (bicyclic) bond motifs is 1. The van der Waals surface area contributed by atoms with Crippen molar-refractivity contribution >= 4 is 16.7 Å². The molecule has 0 aromatic heterocycles. The van der Waals surface area contributed by atoms with Crippen molar-refractivity contribution in [2.24, 2.45) is 0 Å². The van der Waals surface area contributed by atoms with Gasteiger partial charge in [0.2, 0.25) is 0 Å². The fourth-order valence-corrected chi connectivity index (χ4v) is 3.31. The number of methoxy groups -OCH3 is 1. The second-order valence-electron chi connectivity index (χ2n) is 6.12. The van der Waals surface area contributed by atoms with Crippen LogP contribution in [0.5, 0.6) is 5.75 Å². The molecule has 0 amide bonds. The molecule has 25 heavy (non-hydrogen) atoms. The van der Waals surface area contributed by atoms with E-state index in [1.165, 1.54) is 13.2 Å². The Labute approximate surface area is 144 Å². The largest absolute Gasteiger partial charge is 0.496 e. The zero-order chi connectivity index (χ0) is 18.3. The zero-order valence-corrected chi connectivity index (χ0v) is 13.8. The van der Waals surface area contributed by atoms with Crippen molar-refractivity contribution in [3.63, 3.8) is 0 Å². The van der Waals surface area contributed by atoms with Crippen LogP contribution in [0.4, 0.5) is 0 Å². The Kier molecular flexibility index (Phi) is 4.66. The number of rotatable bonds is 3. The van der Waals surface area contributed by atoms with Crippen LogP contribution in [0.3, 0.4) is 0 Å². The summed E-state index contributed by atoms with van der Waals surface area (Å²) in [7, 11) is 1.45. The Balaban J connectivity index is 2.23. The number of carboxylic acids is 1. The molecule has 1 heterocycles. The van der Waals surface area contributed by atoms with E-state index in [1.807, 2.05) is 0 Å². The smallest absolute Gasteiger partial charge is 0.336 e. The van der Waals surface area contributed by atoms with Crippen molar-refractivity contribution < 1.29 is 34.7 Å². The number of hydrogen-bond donors (Lipinski definition) is 4. The predicted octanol–water partition coefficient (Wildman–Crippen LogP) is 1.09. The monoisotopic (exact) mass is 348 g/mol. The summed E-state index contributed by atoms with van der Waals surface area (Å²) in [4.78, 5) is 11.5. The summed E-state index contributed by atoms with van der Waals surface area (Å²) in [6.07, 6.45) is -5.69. The van der Waals surface area contributed by atoms with E-state index in [4.69, 9.17) is 9.47 Å². The molecule has 1 saturated heterocycles. The third kappa shape index (κ3) is 2.85. The molecule has 0 unspecified atom stereocenters. The average molecular weight is 348 g/mol. The van der Waals surface area contributed by atoms with Gasteiger partial charge in [-0.1, -0.05) is 12.1 Å². The Morgan fingerprint density at radius 1 is 1.04 bits per heavy atom. The molecule has 0 radical (unpaired) electrons. The Morgan fingerprint density at radius 3 is 2.40 bits per heavy atom. The highest BCUT2D eigenvalue weighted by Crippen LogP contribution is 2.41. The fourth-order valence-electron chi connectivity index (χ4n) is 3.31. The van der Waals surface area contributed by atoms with Crippen LogP contribution in [0, 0.1) is 0 Å². The molecule has 2 aromatic rings. The average Bonchev–Trinajstić information content (AvgIpc) is 2.61. The van der Waals surface area contributed by atoms with Crippen molar-refractivity contribution in [2.75, 3.05) is 7.11 Å². The summed E-state index contributed by atoms with van der Waals surface area (Å²) >= 11 is 0. The van der Waals surface area contributed by atoms with Crippen molar-refractivity contribution in [3.05, 3.63) is 41.5 Å². The fraction of sp³-hybridized carbons (Fsp3) is 0.389. The van der Waals surface area contributed by atoms with Gasteiger partial charge in [-0.2, -0.15) is 0 Å². The van der Waals surface area contributed by atoms with Crippen LogP contribution in [-0.4, -0.2) is 57.9 Å². The lowest BCUT2D eigenvalue weighted by molar-refractivity contribution is -0.219. The molecule has 2 aromatic carbocycles. The molecule has 0 saturated carbocycles. The van der Waals surface area contributed by atoms with Crippen molar-refractivity contribution in [2.45, 2.75) is 37.4 Å². The van der Waals surface area contributed by atoms with Crippen LogP contribution < -0.4 is 4.74 Å². The van der Waals surface area contributed by atoms with Crippen molar-refractivity contribution in [3.8, 4) is 5.75 Å². The van der Waals surface area contributed by atoms with E-state index < -0.39 is 36.5 Å². The number of carboxylic acid groups (broad SMARTS) is 1. The lowest BCUT2D eigenvalue weighted by atomic mass is 9.88. The molecule has 134 valence electrons. The molecule has 4 N–H and O–H groups in total. The van der Waals surface area contributed by atoms with Gasteiger partial charge in [-0.05, 0) is 35.9 Å². The number of benzene rings is 2. The topological polar surface area (TPSA) is 116 Å². The summed E-state index contributed by atoms with van der Waals surface area (Å²) in [5.74, 6) is -0.675. The van der Waals surface area contributed by atoms with Gasteiger partial charge in [0.05, 0.1) is 18.8 Å². The maximum atomic E-state index is 11.5. The van der Waals surface area contributed by atoms with E-state index in [1.54, 1.807) is 31.2 Å². The molecule has 7 nitrogen and oxygen atoms in total. The van der Waals surface area contributed by atoms with Crippen molar-refractivity contribution in [1.29, 1.82) is 0 Å². The molecule has 3 rings (SSSR count). The van der Waals surface area contributed by atoms with Crippen LogP contribution in [0.1, 0.15) is 28.9 Å². The maximum Gasteiger partial charge on any atom is 0.336 e. The zero-order valence-electron chi connectivity index (χ0n) is 13.8. The number of aliphatic hydroxyl groups excluding tert-OH is 3. The van der Waals surface area contributed by atoms with E-state index in [0.29, 0.717) is 22.1 Å². The van der Waals surface area contributed by atoms with Gasteiger partial charge >= 0.3 is 5.97 Å². The minimum atomic E-state index is -1.39. The maximum absolute atomic E-state index is 11.5. The van der Waals surface area contributed by atoms with E-state index >= 15 is 0 Å². The van der Waals surface area contributed by atoms with Gasteiger partial charge in [0.1, 0.15) is 30.2 Å². The van der Waals surface area contributed by atoms with E-state index in [0.717, 1.165) is 0 Å². The minimum absolute atomic E-state index is 0.111. The third-order valence-electron chi connectivity index (χ3n) is 4.65. The first kappa shape index (κ1) is 17.6. The van der Waals surface area contributed by atoms with Gasteiger partial charge in [0.15, 0.2) is 0 Å². The molecule has 0 bridgehead atoms. The van der Waals surface area contributed by atoms with Gasteiger partial charge in [0.25, 0.3) is 0 Å². The van der Waals surface area contributed by atoms with Crippen LogP contribution in [0.2, 0.25) is 0 Å². The van der Waals surface area contributed by atoms with Crippen LogP contribution in [0.15, 0.2) is 30.3 Å². The van der Waals surface area contributed by atoms with Gasteiger partial charge in [0, 0.05) is 5.56 Å². The molecule has 1 aliphatic rings. The molecule has 1 aliphatic heterocycles. The molecular weight excluding hydrogens is 328 g/mol. The summed E-state index contributed by atoms with van der Waals surface area (Å²) in [6, 6.07) is 8.02. The molecule has 5 atom stereocenters.